The van der Waals surface area contributed by atoms with Crippen LogP contribution >= 0.6 is 11.8 Å². The Morgan fingerprint density at radius 1 is 0.775 bits per heavy atom. The van der Waals surface area contributed by atoms with Gasteiger partial charge < -0.3 is 10.4 Å². The molecule has 0 aliphatic carbocycles. The highest BCUT2D eigenvalue weighted by Crippen LogP contribution is 2.29. The van der Waals surface area contributed by atoms with Gasteiger partial charge in [0.15, 0.2) is 0 Å². The van der Waals surface area contributed by atoms with Crippen LogP contribution in [0.2, 0.25) is 0 Å². The van der Waals surface area contributed by atoms with E-state index in [0.717, 1.165) is 35.3 Å². The van der Waals surface area contributed by atoms with Crippen LogP contribution in [0.5, 0.6) is 0 Å². The molecule has 4 aromatic rings. The lowest BCUT2D eigenvalue weighted by Crippen LogP contribution is -2.41. The summed E-state index contributed by atoms with van der Waals surface area (Å²) in [7, 11) is 0. The van der Waals surface area contributed by atoms with Crippen molar-refractivity contribution in [1.82, 2.24) is 10.2 Å². The molecule has 1 atom stereocenters. The molecule has 0 saturated carbocycles. The summed E-state index contributed by atoms with van der Waals surface area (Å²) in [5.74, 6) is -0.739. The lowest BCUT2D eigenvalue weighted by atomic mass is 9.93. The second-order valence-electron chi connectivity index (χ2n) is 9.96. The number of nitrogens with one attached hydrogen (secondary N) is 1. The normalized spacial score (nSPS) is 11.8. The molecule has 6 heteroatoms. The van der Waals surface area contributed by atoms with Crippen molar-refractivity contribution in [2.24, 2.45) is 0 Å². The van der Waals surface area contributed by atoms with Crippen LogP contribution in [0.15, 0.2) is 103 Å². The Labute approximate surface area is 241 Å². The molecule has 0 bridgehead atoms. The first-order valence-corrected chi connectivity index (χ1v) is 14.9. The third-order valence-electron chi connectivity index (χ3n) is 6.88. The summed E-state index contributed by atoms with van der Waals surface area (Å²) in [6.07, 6.45) is 2.29. The standard InChI is InChI=1S/C34H36N2O3S/c1-25-11-9-10-16-29(25)31-21-28(17-18-30(31)33(37)35-32(34(38)39)19-20-40-2)24-36(22-26-12-5-3-6-13-26)23-27-14-7-4-8-15-27/h3-18,21,32H,19-20,22-24H2,1-2H3,(H,35,37)(H,38,39). The molecular formula is C34H36N2O3S. The molecule has 2 N–H and O–H groups in total. The van der Waals surface area contributed by atoms with E-state index in [0.29, 0.717) is 24.3 Å². The number of hydrogen-bond donors (Lipinski definition) is 2. The van der Waals surface area contributed by atoms with Gasteiger partial charge in [0, 0.05) is 25.2 Å². The van der Waals surface area contributed by atoms with E-state index in [1.807, 2.05) is 61.7 Å². The van der Waals surface area contributed by atoms with Crippen molar-refractivity contribution in [3.63, 3.8) is 0 Å². The molecule has 206 valence electrons. The average molecular weight is 553 g/mol. The largest absolute Gasteiger partial charge is 0.480 e. The monoisotopic (exact) mass is 552 g/mol. The molecule has 0 aromatic heterocycles. The Hall–Kier alpha value is -3.87. The number of amides is 1. The number of thioether (sulfide) groups is 1. The van der Waals surface area contributed by atoms with Crippen LogP contribution in [0.1, 0.15) is 39.0 Å². The van der Waals surface area contributed by atoms with Gasteiger partial charge in [-0.2, -0.15) is 11.8 Å². The molecule has 0 saturated heterocycles. The number of carboxylic acids is 1. The fraction of sp³-hybridized carbons (Fsp3) is 0.235. The summed E-state index contributed by atoms with van der Waals surface area (Å²) in [6, 6.07) is 33.8. The van der Waals surface area contributed by atoms with Gasteiger partial charge in [0.1, 0.15) is 6.04 Å². The minimum atomic E-state index is -1.02. The van der Waals surface area contributed by atoms with Gasteiger partial charge >= 0.3 is 5.97 Å². The maximum absolute atomic E-state index is 13.5. The highest BCUT2D eigenvalue weighted by Gasteiger charge is 2.23. The molecule has 0 heterocycles. The van der Waals surface area contributed by atoms with Gasteiger partial charge in [-0.3, -0.25) is 9.69 Å². The summed E-state index contributed by atoms with van der Waals surface area (Å²) < 4.78 is 0. The van der Waals surface area contributed by atoms with Crippen molar-refractivity contribution >= 4 is 23.6 Å². The van der Waals surface area contributed by atoms with Crippen molar-refractivity contribution in [2.75, 3.05) is 12.0 Å². The van der Waals surface area contributed by atoms with Crippen LogP contribution in [0.4, 0.5) is 0 Å². The smallest absolute Gasteiger partial charge is 0.326 e. The summed E-state index contributed by atoms with van der Waals surface area (Å²) >= 11 is 1.56. The lowest BCUT2D eigenvalue weighted by Gasteiger charge is -2.24. The average Bonchev–Trinajstić information content (AvgIpc) is 2.96. The molecule has 5 nitrogen and oxygen atoms in total. The van der Waals surface area contributed by atoms with E-state index < -0.39 is 12.0 Å². The van der Waals surface area contributed by atoms with Crippen molar-refractivity contribution in [2.45, 2.75) is 39.0 Å². The predicted molar refractivity (Wildman–Crippen MR) is 164 cm³/mol. The van der Waals surface area contributed by atoms with Crippen LogP contribution in [-0.2, 0) is 24.4 Å². The summed E-state index contributed by atoms with van der Waals surface area (Å²) in [5, 5.41) is 12.4. The van der Waals surface area contributed by atoms with Gasteiger partial charge in [0.05, 0.1) is 0 Å². The van der Waals surface area contributed by atoms with Gasteiger partial charge in [-0.05, 0) is 70.9 Å². The van der Waals surface area contributed by atoms with Gasteiger partial charge in [-0.15, -0.1) is 0 Å². The Kier molecular flexibility index (Phi) is 10.6. The van der Waals surface area contributed by atoms with Crippen LogP contribution in [0.25, 0.3) is 11.1 Å². The van der Waals surface area contributed by atoms with Gasteiger partial charge in [-0.1, -0.05) is 91.0 Å². The van der Waals surface area contributed by atoms with E-state index in [9.17, 15) is 14.7 Å². The number of carbonyl (C=O) groups is 2. The van der Waals surface area contributed by atoms with Crippen molar-refractivity contribution in [1.29, 1.82) is 0 Å². The number of rotatable bonds is 13. The molecule has 0 aliphatic rings. The van der Waals surface area contributed by atoms with Crippen molar-refractivity contribution in [3.8, 4) is 11.1 Å². The molecule has 0 spiro atoms. The number of carbonyl (C=O) groups excluding carboxylic acids is 1. The van der Waals surface area contributed by atoms with Crippen molar-refractivity contribution in [3.05, 3.63) is 131 Å². The van der Waals surface area contributed by atoms with Crippen LogP contribution in [-0.4, -0.2) is 39.9 Å². The zero-order valence-corrected chi connectivity index (χ0v) is 23.9. The first-order valence-electron chi connectivity index (χ1n) is 13.5. The number of aliphatic carboxylic acids is 1. The highest BCUT2D eigenvalue weighted by molar-refractivity contribution is 7.98. The third kappa shape index (κ3) is 8.07. The zero-order valence-electron chi connectivity index (χ0n) is 23.0. The predicted octanol–water partition coefficient (Wildman–Crippen LogP) is 6.80. The van der Waals surface area contributed by atoms with E-state index in [2.05, 4.69) is 64.8 Å². The molecule has 4 rings (SSSR count). The number of carboxylic acid groups (broad SMARTS) is 1. The fourth-order valence-electron chi connectivity index (χ4n) is 4.82. The molecule has 1 unspecified atom stereocenters. The molecule has 40 heavy (non-hydrogen) atoms. The maximum Gasteiger partial charge on any atom is 0.326 e. The molecule has 0 aliphatic heterocycles. The number of nitrogens with zero attached hydrogens (tertiary/aromatic N) is 1. The van der Waals surface area contributed by atoms with Crippen LogP contribution < -0.4 is 5.32 Å². The molecule has 1 amide bonds. The Bertz CT molecular complexity index is 1370. The second kappa shape index (κ2) is 14.5. The van der Waals surface area contributed by atoms with E-state index >= 15 is 0 Å². The molecule has 0 radical (unpaired) electrons. The Balaban J connectivity index is 1.67. The maximum atomic E-state index is 13.5. The van der Waals surface area contributed by atoms with Gasteiger partial charge in [0.2, 0.25) is 0 Å². The molecule has 0 fully saturated rings. The summed E-state index contributed by atoms with van der Waals surface area (Å²) in [5.41, 5.74) is 6.85. The topological polar surface area (TPSA) is 69.6 Å². The van der Waals surface area contributed by atoms with Crippen molar-refractivity contribution < 1.29 is 14.7 Å². The minimum Gasteiger partial charge on any atom is -0.480 e. The van der Waals surface area contributed by atoms with Gasteiger partial charge in [-0.25, -0.2) is 4.79 Å². The third-order valence-corrected chi connectivity index (χ3v) is 7.53. The SMILES string of the molecule is CSCCC(NC(=O)c1ccc(CN(Cc2ccccc2)Cc2ccccc2)cc1-c1ccccc1C)C(=O)O. The Morgan fingerprint density at radius 3 is 1.93 bits per heavy atom. The van der Waals surface area contributed by atoms with Crippen LogP contribution in [0.3, 0.4) is 0 Å². The second-order valence-corrected chi connectivity index (χ2v) is 10.9. The molecule has 4 aromatic carbocycles. The van der Waals surface area contributed by atoms with Gasteiger partial charge in [0.25, 0.3) is 5.91 Å². The first kappa shape index (κ1) is 29.1. The lowest BCUT2D eigenvalue weighted by molar-refractivity contribution is -0.139. The zero-order chi connectivity index (χ0) is 28.3. The minimum absolute atomic E-state index is 0.369. The molecular weight excluding hydrogens is 516 g/mol. The number of hydrogen-bond acceptors (Lipinski definition) is 4. The van der Waals surface area contributed by atoms with E-state index in [4.69, 9.17) is 0 Å². The Morgan fingerprint density at radius 2 is 1.35 bits per heavy atom. The quantitative estimate of drug-likeness (QED) is 0.191. The fourth-order valence-corrected chi connectivity index (χ4v) is 5.30. The number of aryl methyl sites for hydroxylation is 1. The highest BCUT2D eigenvalue weighted by atomic mass is 32.2. The van der Waals surface area contributed by atoms with Crippen LogP contribution in [0, 0.1) is 6.92 Å². The van der Waals surface area contributed by atoms with E-state index in [1.54, 1.807) is 11.8 Å². The summed E-state index contributed by atoms with van der Waals surface area (Å²) in [4.78, 5) is 27.7. The number of benzene rings is 4. The van der Waals surface area contributed by atoms with E-state index in [1.165, 1.54) is 11.1 Å². The first-order chi connectivity index (χ1) is 19.4. The van der Waals surface area contributed by atoms with E-state index in [-0.39, 0.29) is 5.91 Å². The summed E-state index contributed by atoms with van der Waals surface area (Å²) in [6.45, 7) is 4.29.